The van der Waals surface area contributed by atoms with E-state index in [0.717, 1.165) is 16.7 Å². The molecule has 3 rings (SSSR count). The molecule has 0 fully saturated rings. The van der Waals surface area contributed by atoms with E-state index in [9.17, 15) is 0 Å². The Hall–Kier alpha value is -3.41. The molecule has 0 aliphatic rings. The molecule has 0 atom stereocenters. The van der Waals surface area contributed by atoms with Crippen LogP contribution in [0.15, 0.2) is 108 Å². The van der Waals surface area contributed by atoms with Crippen molar-refractivity contribution in [3.05, 3.63) is 120 Å². The first-order valence-electron chi connectivity index (χ1n) is 9.06. The highest BCUT2D eigenvalue weighted by atomic mass is 14.6. The third-order valence-corrected chi connectivity index (χ3v) is 4.33. The smallest absolute Gasteiger partial charge is 0.0434 e. The van der Waals surface area contributed by atoms with Gasteiger partial charge in [-0.15, -0.1) is 0 Å². The minimum Gasteiger partial charge on any atom is -0.246 e. The summed E-state index contributed by atoms with van der Waals surface area (Å²) < 4.78 is 0. The molecule has 27 heavy (non-hydrogen) atoms. The lowest BCUT2D eigenvalue weighted by atomic mass is 9.96. The summed E-state index contributed by atoms with van der Waals surface area (Å²) >= 11 is 0. The number of rotatable bonds is 5. The number of hydrogen-bond acceptors (Lipinski definition) is 1. The molecule has 0 heterocycles. The normalized spacial score (nSPS) is 11.6. The summed E-state index contributed by atoms with van der Waals surface area (Å²) in [6, 6.07) is 31.1. The molecule has 0 spiro atoms. The van der Waals surface area contributed by atoms with Crippen molar-refractivity contribution in [3.63, 3.8) is 0 Å². The zero-order chi connectivity index (χ0) is 18.9. The molecule has 0 aromatic heterocycles. The van der Waals surface area contributed by atoms with Gasteiger partial charge in [-0.3, -0.25) is 0 Å². The van der Waals surface area contributed by atoms with E-state index in [1.165, 1.54) is 16.7 Å². The molecule has 3 aromatic rings. The number of allylic oxidation sites excluding steroid dienone is 5. The lowest BCUT2D eigenvalue weighted by Crippen LogP contribution is -1.88. The molecular formula is C26H23N. The number of aliphatic imine (C=N–C) groups is 1. The van der Waals surface area contributed by atoms with E-state index in [2.05, 4.69) is 90.6 Å². The van der Waals surface area contributed by atoms with Gasteiger partial charge in [0.1, 0.15) is 0 Å². The van der Waals surface area contributed by atoms with Crippen LogP contribution in [0.2, 0.25) is 0 Å². The van der Waals surface area contributed by atoms with Crippen LogP contribution in [-0.4, -0.2) is 12.9 Å². The first-order valence-corrected chi connectivity index (χ1v) is 9.06. The Bertz CT molecular complexity index is 988. The Morgan fingerprint density at radius 1 is 0.667 bits per heavy atom. The van der Waals surface area contributed by atoms with Gasteiger partial charge in [0.05, 0.1) is 0 Å². The third kappa shape index (κ3) is 5.04. The van der Waals surface area contributed by atoms with Crippen LogP contribution in [0.1, 0.15) is 23.6 Å². The SMILES string of the molecule is CN=C=C(/C=C(\C=C(\C)c1ccccc1)c1ccccc1)c1ccccc1. The number of nitrogens with zero attached hydrogens (tertiary/aromatic N) is 1. The molecule has 0 amide bonds. The number of hydrogen-bond donors (Lipinski definition) is 0. The Labute approximate surface area is 161 Å². The van der Waals surface area contributed by atoms with Crippen LogP contribution in [0, 0.1) is 0 Å². The topological polar surface area (TPSA) is 12.4 Å². The van der Waals surface area contributed by atoms with E-state index >= 15 is 0 Å². The molecule has 0 N–H and O–H groups in total. The predicted octanol–water partition coefficient (Wildman–Crippen LogP) is 6.56. The lowest BCUT2D eigenvalue weighted by Gasteiger charge is -2.08. The van der Waals surface area contributed by atoms with Crippen LogP contribution in [0.4, 0.5) is 0 Å². The zero-order valence-corrected chi connectivity index (χ0v) is 15.8. The van der Waals surface area contributed by atoms with Crippen LogP contribution in [0.5, 0.6) is 0 Å². The molecule has 0 aliphatic heterocycles. The van der Waals surface area contributed by atoms with Crippen molar-refractivity contribution in [2.45, 2.75) is 6.92 Å². The molecular weight excluding hydrogens is 326 g/mol. The molecule has 0 unspecified atom stereocenters. The second-order valence-electron chi connectivity index (χ2n) is 6.27. The largest absolute Gasteiger partial charge is 0.246 e. The highest BCUT2D eigenvalue weighted by molar-refractivity contribution is 6.01. The highest BCUT2D eigenvalue weighted by Gasteiger charge is 2.05. The van der Waals surface area contributed by atoms with Crippen LogP contribution in [0.3, 0.4) is 0 Å². The molecule has 132 valence electrons. The van der Waals surface area contributed by atoms with E-state index in [1.54, 1.807) is 7.05 Å². The molecule has 1 nitrogen and oxygen atoms in total. The average molecular weight is 349 g/mol. The van der Waals surface area contributed by atoms with Crippen molar-refractivity contribution < 1.29 is 0 Å². The summed E-state index contributed by atoms with van der Waals surface area (Å²) in [6.45, 7) is 2.14. The fourth-order valence-corrected chi connectivity index (χ4v) is 2.93. The molecule has 0 saturated heterocycles. The summed E-state index contributed by atoms with van der Waals surface area (Å²) in [5, 5.41) is 0. The average Bonchev–Trinajstić information content (AvgIpc) is 2.74. The van der Waals surface area contributed by atoms with Gasteiger partial charge in [0.25, 0.3) is 0 Å². The fraction of sp³-hybridized carbons (Fsp3) is 0.0769. The van der Waals surface area contributed by atoms with Crippen LogP contribution >= 0.6 is 0 Å². The monoisotopic (exact) mass is 349 g/mol. The summed E-state index contributed by atoms with van der Waals surface area (Å²) in [5.74, 6) is 3.15. The van der Waals surface area contributed by atoms with E-state index < -0.39 is 0 Å². The van der Waals surface area contributed by atoms with Gasteiger partial charge >= 0.3 is 0 Å². The van der Waals surface area contributed by atoms with Crippen LogP contribution in [0.25, 0.3) is 16.7 Å². The van der Waals surface area contributed by atoms with Crippen molar-refractivity contribution in [1.82, 2.24) is 0 Å². The predicted molar refractivity (Wildman–Crippen MR) is 118 cm³/mol. The Balaban J connectivity index is 2.13. The fourth-order valence-electron chi connectivity index (χ4n) is 2.93. The van der Waals surface area contributed by atoms with Gasteiger partial charge in [0, 0.05) is 12.6 Å². The molecule has 1 heteroatoms. The van der Waals surface area contributed by atoms with Crippen LogP contribution < -0.4 is 0 Å². The van der Waals surface area contributed by atoms with Crippen molar-refractivity contribution >= 4 is 22.6 Å². The lowest BCUT2D eigenvalue weighted by molar-refractivity contribution is 1.48. The summed E-state index contributed by atoms with van der Waals surface area (Å²) in [5.41, 5.74) is 6.79. The van der Waals surface area contributed by atoms with E-state index in [-0.39, 0.29) is 0 Å². The van der Waals surface area contributed by atoms with Crippen molar-refractivity contribution in [3.8, 4) is 0 Å². The zero-order valence-electron chi connectivity index (χ0n) is 15.8. The molecule has 0 saturated carbocycles. The molecule has 3 aromatic carbocycles. The van der Waals surface area contributed by atoms with Crippen molar-refractivity contribution in [1.29, 1.82) is 0 Å². The first-order chi connectivity index (χ1) is 13.3. The van der Waals surface area contributed by atoms with Gasteiger partial charge in [-0.05, 0) is 46.7 Å². The van der Waals surface area contributed by atoms with Crippen molar-refractivity contribution in [2.24, 2.45) is 4.99 Å². The maximum atomic E-state index is 4.14. The van der Waals surface area contributed by atoms with Crippen molar-refractivity contribution in [2.75, 3.05) is 7.05 Å². The van der Waals surface area contributed by atoms with Gasteiger partial charge in [0.15, 0.2) is 0 Å². The number of benzene rings is 3. The second-order valence-corrected chi connectivity index (χ2v) is 6.27. The van der Waals surface area contributed by atoms with E-state index in [4.69, 9.17) is 0 Å². The van der Waals surface area contributed by atoms with Gasteiger partial charge in [-0.1, -0.05) is 97.1 Å². The van der Waals surface area contributed by atoms with Crippen LogP contribution in [-0.2, 0) is 0 Å². The molecule has 0 aliphatic carbocycles. The Kier molecular flexibility index (Phi) is 6.35. The standard InChI is InChI=1S/C26H23N/c1-21(22-12-6-3-7-13-22)18-25(23-14-8-4-9-15-23)19-26(20-27-2)24-16-10-5-11-17-24/h3-19H,1-2H3/b21-18-,25-19+. The van der Waals surface area contributed by atoms with Gasteiger partial charge in [0.2, 0.25) is 0 Å². The Morgan fingerprint density at radius 2 is 1.15 bits per heavy atom. The maximum Gasteiger partial charge on any atom is 0.0434 e. The van der Waals surface area contributed by atoms with Gasteiger partial charge in [-0.2, -0.15) is 0 Å². The second kappa shape index (κ2) is 9.33. The summed E-state index contributed by atoms with van der Waals surface area (Å²) in [6.07, 6.45) is 4.38. The minimum atomic E-state index is 0.967. The third-order valence-electron chi connectivity index (χ3n) is 4.33. The maximum absolute atomic E-state index is 4.14. The van der Waals surface area contributed by atoms with Gasteiger partial charge < -0.3 is 0 Å². The van der Waals surface area contributed by atoms with E-state index in [1.807, 2.05) is 30.3 Å². The summed E-state index contributed by atoms with van der Waals surface area (Å²) in [7, 11) is 1.75. The highest BCUT2D eigenvalue weighted by Crippen LogP contribution is 2.26. The minimum absolute atomic E-state index is 0.967. The summed E-state index contributed by atoms with van der Waals surface area (Å²) in [4.78, 5) is 4.14. The first kappa shape index (κ1) is 18.4. The van der Waals surface area contributed by atoms with E-state index in [0.29, 0.717) is 0 Å². The van der Waals surface area contributed by atoms with Gasteiger partial charge in [-0.25, -0.2) is 4.99 Å². The quantitative estimate of drug-likeness (QED) is 0.365. The molecule has 0 radical (unpaired) electrons. The molecule has 0 bridgehead atoms. The Morgan fingerprint density at radius 3 is 1.67 bits per heavy atom.